The van der Waals surface area contributed by atoms with Crippen LogP contribution < -0.4 is 5.32 Å². The summed E-state index contributed by atoms with van der Waals surface area (Å²) in [5, 5.41) is 8.01. The molecule has 5 heteroatoms. The zero-order chi connectivity index (χ0) is 11.5. The standard InChI is InChI=1S/C11H13ClN4/c1-13-7-10-14-11(16(2)15-10)8-5-3-4-6-9(8)12/h3-6,13H,7H2,1-2H3. The zero-order valence-electron chi connectivity index (χ0n) is 9.24. The van der Waals surface area contributed by atoms with Gasteiger partial charge in [-0.05, 0) is 19.2 Å². The first-order valence-corrected chi connectivity index (χ1v) is 5.39. The van der Waals surface area contributed by atoms with Crippen LogP contribution in [0.2, 0.25) is 5.02 Å². The fourth-order valence-corrected chi connectivity index (χ4v) is 1.77. The highest BCUT2D eigenvalue weighted by atomic mass is 35.5. The van der Waals surface area contributed by atoms with Crippen LogP contribution in [-0.4, -0.2) is 21.8 Å². The highest BCUT2D eigenvalue weighted by molar-refractivity contribution is 6.33. The number of benzene rings is 1. The van der Waals surface area contributed by atoms with Crippen LogP contribution in [0.5, 0.6) is 0 Å². The van der Waals surface area contributed by atoms with Crippen molar-refractivity contribution < 1.29 is 0 Å². The molecule has 2 aromatic rings. The van der Waals surface area contributed by atoms with Gasteiger partial charge < -0.3 is 5.32 Å². The van der Waals surface area contributed by atoms with Crippen molar-refractivity contribution in [1.29, 1.82) is 0 Å². The summed E-state index contributed by atoms with van der Waals surface area (Å²) in [5.41, 5.74) is 0.904. The molecule has 0 fully saturated rings. The minimum Gasteiger partial charge on any atom is -0.313 e. The van der Waals surface area contributed by atoms with E-state index in [9.17, 15) is 0 Å². The largest absolute Gasteiger partial charge is 0.313 e. The molecule has 0 bridgehead atoms. The molecule has 4 nitrogen and oxygen atoms in total. The van der Waals surface area contributed by atoms with E-state index >= 15 is 0 Å². The third-order valence-corrected chi connectivity index (χ3v) is 2.59. The summed E-state index contributed by atoms with van der Waals surface area (Å²) in [5.74, 6) is 1.55. The summed E-state index contributed by atoms with van der Waals surface area (Å²) in [6, 6.07) is 7.63. The summed E-state index contributed by atoms with van der Waals surface area (Å²) in [6.07, 6.45) is 0. The number of halogens is 1. The van der Waals surface area contributed by atoms with Crippen LogP contribution in [0.3, 0.4) is 0 Å². The fourth-order valence-electron chi connectivity index (χ4n) is 1.55. The summed E-state index contributed by atoms with van der Waals surface area (Å²) >= 11 is 6.12. The van der Waals surface area contributed by atoms with Gasteiger partial charge in [0.25, 0.3) is 0 Å². The van der Waals surface area contributed by atoms with Gasteiger partial charge in [-0.1, -0.05) is 23.7 Å². The van der Waals surface area contributed by atoms with Crippen molar-refractivity contribution >= 4 is 11.6 Å². The van der Waals surface area contributed by atoms with Crippen LogP contribution in [0.1, 0.15) is 5.82 Å². The van der Waals surface area contributed by atoms with Crippen LogP contribution in [0, 0.1) is 0 Å². The van der Waals surface area contributed by atoms with Gasteiger partial charge in [-0.15, -0.1) is 0 Å². The molecule has 0 aliphatic carbocycles. The van der Waals surface area contributed by atoms with E-state index in [0.29, 0.717) is 11.6 Å². The maximum Gasteiger partial charge on any atom is 0.165 e. The van der Waals surface area contributed by atoms with E-state index in [2.05, 4.69) is 15.4 Å². The Bertz CT molecular complexity index is 492. The Labute approximate surface area is 99.3 Å². The smallest absolute Gasteiger partial charge is 0.165 e. The van der Waals surface area contributed by atoms with E-state index in [4.69, 9.17) is 11.6 Å². The second-order valence-electron chi connectivity index (χ2n) is 3.49. The predicted octanol–water partition coefficient (Wildman–Crippen LogP) is 1.85. The minimum atomic E-state index is 0.651. The molecule has 0 aliphatic rings. The second-order valence-corrected chi connectivity index (χ2v) is 3.89. The second kappa shape index (κ2) is 4.63. The number of hydrogen-bond acceptors (Lipinski definition) is 3. The highest BCUT2D eigenvalue weighted by Gasteiger charge is 2.11. The fraction of sp³-hybridized carbons (Fsp3) is 0.273. The number of aryl methyl sites for hydroxylation is 1. The van der Waals surface area contributed by atoms with E-state index in [0.717, 1.165) is 17.2 Å². The lowest BCUT2D eigenvalue weighted by molar-refractivity contribution is 0.711. The van der Waals surface area contributed by atoms with Crippen molar-refractivity contribution in [2.45, 2.75) is 6.54 Å². The zero-order valence-corrected chi connectivity index (χ0v) is 9.99. The van der Waals surface area contributed by atoms with Crippen molar-refractivity contribution in [3.05, 3.63) is 35.1 Å². The molecule has 1 N–H and O–H groups in total. The van der Waals surface area contributed by atoms with Gasteiger partial charge in [0.15, 0.2) is 11.6 Å². The van der Waals surface area contributed by atoms with Gasteiger partial charge in [-0.2, -0.15) is 5.10 Å². The van der Waals surface area contributed by atoms with Gasteiger partial charge in [0.05, 0.1) is 11.6 Å². The first-order chi connectivity index (χ1) is 7.72. The van der Waals surface area contributed by atoms with Crippen LogP contribution in [0.15, 0.2) is 24.3 Å². The van der Waals surface area contributed by atoms with Gasteiger partial charge in [0.2, 0.25) is 0 Å². The molecule has 1 heterocycles. The van der Waals surface area contributed by atoms with Crippen molar-refractivity contribution in [3.8, 4) is 11.4 Å². The molecule has 1 aromatic heterocycles. The Balaban J connectivity index is 2.44. The third kappa shape index (κ3) is 2.08. The lowest BCUT2D eigenvalue weighted by Gasteiger charge is -2.01. The van der Waals surface area contributed by atoms with E-state index in [1.54, 1.807) is 4.68 Å². The van der Waals surface area contributed by atoms with E-state index < -0.39 is 0 Å². The molecule has 0 saturated heterocycles. The molecule has 84 valence electrons. The van der Waals surface area contributed by atoms with Crippen molar-refractivity contribution in [1.82, 2.24) is 20.1 Å². The quantitative estimate of drug-likeness (QED) is 0.885. The Hall–Kier alpha value is -1.39. The summed E-state index contributed by atoms with van der Waals surface area (Å²) in [7, 11) is 3.73. The molecule has 0 amide bonds. The van der Waals surface area contributed by atoms with Crippen LogP contribution >= 0.6 is 11.6 Å². The number of nitrogens with zero attached hydrogens (tertiary/aromatic N) is 3. The molecule has 0 atom stereocenters. The first-order valence-electron chi connectivity index (χ1n) is 5.02. The number of rotatable bonds is 3. The molecular weight excluding hydrogens is 224 g/mol. The Morgan fingerprint density at radius 2 is 2.12 bits per heavy atom. The Kier molecular flexibility index (Phi) is 3.22. The third-order valence-electron chi connectivity index (χ3n) is 2.26. The summed E-state index contributed by atoms with van der Waals surface area (Å²) in [6.45, 7) is 0.651. The SMILES string of the molecule is CNCc1nc(-c2ccccc2Cl)n(C)n1. The van der Waals surface area contributed by atoms with Crippen molar-refractivity contribution in [2.24, 2.45) is 7.05 Å². The average Bonchev–Trinajstić information content (AvgIpc) is 2.61. The Morgan fingerprint density at radius 1 is 1.38 bits per heavy atom. The molecule has 2 rings (SSSR count). The lowest BCUT2D eigenvalue weighted by atomic mass is 10.2. The molecular formula is C11H13ClN4. The molecule has 0 unspecified atom stereocenters. The van der Waals surface area contributed by atoms with Crippen LogP contribution in [-0.2, 0) is 13.6 Å². The average molecular weight is 237 g/mol. The number of hydrogen-bond donors (Lipinski definition) is 1. The van der Waals surface area contributed by atoms with E-state index in [-0.39, 0.29) is 0 Å². The van der Waals surface area contributed by atoms with Crippen LogP contribution in [0.25, 0.3) is 11.4 Å². The van der Waals surface area contributed by atoms with Gasteiger partial charge in [0.1, 0.15) is 0 Å². The first kappa shape index (κ1) is 11.1. The van der Waals surface area contributed by atoms with Crippen molar-refractivity contribution in [3.63, 3.8) is 0 Å². The summed E-state index contributed by atoms with van der Waals surface area (Å²) in [4.78, 5) is 4.44. The van der Waals surface area contributed by atoms with E-state index in [1.807, 2.05) is 38.4 Å². The van der Waals surface area contributed by atoms with Crippen LogP contribution in [0.4, 0.5) is 0 Å². The topological polar surface area (TPSA) is 42.7 Å². The van der Waals surface area contributed by atoms with E-state index in [1.165, 1.54) is 0 Å². The van der Waals surface area contributed by atoms with Gasteiger partial charge in [-0.3, -0.25) is 0 Å². The molecule has 0 aliphatic heterocycles. The maximum absolute atomic E-state index is 6.12. The van der Waals surface area contributed by atoms with Crippen molar-refractivity contribution in [2.75, 3.05) is 7.05 Å². The van der Waals surface area contributed by atoms with Gasteiger partial charge in [-0.25, -0.2) is 9.67 Å². The number of aromatic nitrogens is 3. The maximum atomic E-state index is 6.12. The number of nitrogens with one attached hydrogen (secondary N) is 1. The normalized spacial score (nSPS) is 10.7. The molecule has 16 heavy (non-hydrogen) atoms. The molecule has 1 aromatic carbocycles. The molecule has 0 spiro atoms. The highest BCUT2D eigenvalue weighted by Crippen LogP contribution is 2.25. The van der Waals surface area contributed by atoms with Gasteiger partial charge in [0, 0.05) is 12.6 Å². The van der Waals surface area contributed by atoms with Gasteiger partial charge >= 0.3 is 0 Å². The summed E-state index contributed by atoms with van der Waals surface area (Å²) < 4.78 is 1.74. The Morgan fingerprint density at radius 3 is 2.81 bits per heavy atom. The minimum absolute atomic E-state index is 0.651. The lowest BCUT2D eigenvalue weighted by Crippen LogP contribution is -2.06. The monoisotopic (exact) mass is 236 g/mol. The molecule has 0 radical (unpaired) electrons. The molecule has 0 saturated carbocycles. The predicted molar refractivity (Wildman–Crippen MR) is 64.2 cm³/mol.